The maximum Gasteiger partial charge on any atom is 0.176 e. The molecule has 56 valence electrons. The van der Waals surface area contributed by atoms with E-state index in [1.807, 2.05) is 0 Å². The third-order valence-corrected chi connectivity index (χ3v) is 2.81. The standard InChI is InChI=1S/C6H10N2S2/c1-3-4(2)5-7-8-6(9)10-5/h4H,3H2,1-2H3,(H,8,9). The fourth-order valence-electron chi connectivity index (χ4n) is 0.627. The molecule has 1 rings (SSSR count). The third-order valence-electron chi connectivity index (χ3n) is 1.49. The van der Waals surface area contributed by atoms with Gasteiger partial charge in [0, 0.05) is 5.92 Å². The molecule has 1 unspecified atom stereocenters. The second kappa shape index (κ2) is 3.25. The van der Waals surface area contributed by atoms with Crippen LogP contribution in [0.4, 0.5) is 0 Å². The van der Waals surface area contributed by atoms with Crippen LogP contribution < -0.4 is 0 Å². The van der Waals surface area contributed by atoms with Crippen LogP contribution in [0.3, 0.4) is 0 Å². The van der Waals surface area contributed by atoms with E-state index in [4.69, 9.17) is 12.2 Å². The Balaban J connectivity index is 2.84. The number of hydrogen-bond acceptors (Lipinski definition) is 3. The summed E-state index contributed by atoms with van der Waals surface area (Å²) in [7, 11) is 0. The monoisotopic (exact) mass is 174 g/mol. The SMILES string of the molecule is CCC(C)c1n[nH]c(=S)s1. The Kier molecular flexibility index (Phi) is 2.56. The van der Waals surface area contributed by atoms with Crippen molar-refractivity contribution < 1.29 is 0 Å². The Bertz CT molecular complexity index is 250. The molecule has 10 heavy (non-hydrogen) atoms. The largest absolute Gasteiger partial charge is 0.258 e. The maximum atomic E-state index is 4.90. The predicted octanol–water partition coefficient (Wildman–Crippen LogP) is 2.71. The normalized spacial score (nSPS) is 13.4. The molecule has 1 atom stereocenters. The third kappa shape index (κ3) is 1.64. The fraction of sp³-hybridized carbons (Fsp3) is 0.667. The van der Waals surface area contributed by atoms with Crippen molar-refractivity contribution in [1.82, 2.24) is 10.2 Å². The Labute approximate surface area is 69.3 Å². The van der Waals surface area contributed by atoms with Crippen molar-refractivity contribution in [3.8, 4) is 0 Å². The minimum absolute atomic E-state index is 0.540. The first-order chi connectivity index (χ1) is 4.74. The highest BCUT2D eigenvalue weighted by Crippen LogP contribution is 2.19. The summed E-state index contributed by atoms with van der Waals surface area (Å²) < 4.78 is 0.773. The maximum absolute atomic E-state index is 4.90. The topological polar surface area (TPSA) is 28.7 Å². The second-order valence-electron chi connectivity index (χ2n) is 2.26. The molecule has 1 N–H and O–H groups in total. The molecular weight excluding hydrogens is 164 g/mol. The van der Waals surface area contributed by atoms with E-state index in [0.717, 1.165) is 15.4 Å². The minimum Gasteiger partial charge on any atom is -0.258 e. The Hall–Kier alpha value is -0.220. The molecule has 0 bridgehead atoms. The van der Waals surface area contributed by atoms with Gasteiger partial charge in [-0.1, -0.05) is 25.2 Å². The lowest BCUT2D eigenvalue weighted by molar-refractivity contribution is 0.714. The van der Waals surface area contributed by atoms with Crippen LogP contribution in [0.2, 0.25) is 0 Å². The Morgan fingerprint density at radius 1 is 1.80 bits per heavy atom. The molecule has 0 aromatic carbocycles. The highest BCUT2D eigenvalue weighted by atomic mass is 32.1. The molecule has 2 nitrogen and oxygen atoms in total. The predicted molar refractivity (Wildman–Crippen MR) is 46.0 cm³/mol. The lowest BCUT2D eigenvalue weighted by Crippen LogP contribution is -1.88. The van der Waals surface area contributed by atoms with Gasteiger partial charge < -0.3 is 0 Å². The van der Waals surface area contributed by atoms with Gasteiger partial charge in [0.05, 0.1) is 0 Å². The first-order valence-electron chi connectivity index (χ1n) is 3.29. The minimum atomic E-state index is 0.540. The number of H-pyrrole nitrogens is 1. The molecule has 0 amide bonds. The van der Waals surface area contributed by atoms with Crippen LogP contribution in [0, 0.1) is 3.95 Å². The van der Waals surface area contributed by atoms with E-state index in [9.17, 15) is 0 Å². The van der Waals surface area contributed by atoms with Crippen molar-refractivity contribution in [2.75, 3.05) is 0 Å². The van der Waals surface area contributed by atoms with E-state index in [1.54, 1.807) is 11.3 Å². The molecular formula is C6H10N2S2. The summed E-state index contributed by atoms with van der Waals surface area (Å²) in [6.45, 7) is 4.30. The zero-order chi connectivity index (χ0) is 7.56. The van der Waals surface area contributed by atoms with Crippen molar-refractivity contribution in [2.45, 2.75) is 26.2 Å². The molecule has 0 spiro atoms. The number of aromatic amines is 1. The van der Waals surface area contributed by atoms with Crippen molar-refractivity contribution in [2.24, 2.45) is 0 Å². The van der Waals surface area contributed by atoms with Crippen LogP contribution in [0.5, 0.6) is 0 Å². The first-order valence-corrected chi connectivity index (χ1v) is 4.52. The Morgan fingerprint density at radius 3 is 2.90 bits per heavy atom. The zero-order valence-corrected chi connectivity index (χ0v) is 7.68. The summed E-state index contributed by atoms with van der Waals surface area (Å²) in [5, 5.41) is 7.96. The van der Waals surface area contributed by atoms with Crippen LogP contribution in [0.1, 0.15) is 31.2 Å². The van der Waals surface area contributed by atoms with Gasteiger partial charge in [-0.05, 0) is 18.6 Å². The molecule has 0 saturated carbocycles. The summed E-state index contributed by atoms with van der Waals surface area (Å²) in [4.78, 5) is 0. The van der Waals surface area contributed by atoms with Crippen molar-refractivity contribution in [1.29, 1.82) is 0 Å². The lowest BCUT2D eigenvalue weighted by atomic mass is 10.1. The van der Waals surface area contributed by atoms with Crippen molar-refractivity contribution in [3.05, 3.63) is 8.96 Å². The lowest BCUT2D eigenvalue weighted by Gasteiger charge is -1.99. The summed E-state index contributed by atoms with van der Waals surface area (Å²) in [5.74, 6) is 0.540. The number of aromatic nitrogens is 2. The molecule has 0 saturated heterocycles. The smallest absolute Gasteiger partial charge is 0.176 e. The summed E-state index contributed by atoms with van der Waals surface area (Å²) in [6.07, 6.45) is 1.12. The molecule has 1 aromatic heterocycles. The van der Waals surface area contributed by atoms with E-state index < -0.39 is 0 Å². The van der Waals surface area contributed by atoms with Gasteiger partial charge in [0.25, 0.3) is 0 Å². The molecule has 0 aliphatic carbocycles. The average molecular weight is 174 g/mol. The van der Waals surface area contributed by atoms with Gasteiger partial charge in [-0.2, -0.15) is 5.10 Å². The quantitative estimate of drug-likeness (QED) is 0.698. The average Bonchev–Trinajstić information content (AvgIpc) is 2.34. The highest BCUT2D eigenvalue weighted by molar-refractivity contribution is 7.73. The van der Waals surface area contributed by atoms with E-state index in [2.05, 4.69) is 24.0 Å². The van der Waals surface area contributed by atoms with E-state index in [1.165, 1.54) is 0 Å². The summed E-state index contributed by atoms with van der Waals surface area (Å²) in [5.41, 5.74) is 0. The number of nitrogens with zero attached hydrogens (tertiary/aromatic N) is 1. The van der Waals surface area contributed by atoms with Crippen molar-refractivity contribution in [3.63, 3.8) is 0 Å². The number of hydrogen-bond donors (Lipinski definition) is 1. The molecule has 0 fully saturated rings. The van der Waals surface area contributed by atoms with Gasteiger partial charge in [-0.3, -0.25) is 5.10 Å². The van der Waals surface area contributed by atoms with Gasteiger partial charge in [-0.15, -0.1) is 0 Å². The van der Waals surface area contributed by atoms with E-state index >= 15 is 0 Å². The zero-order valence-electron chi connectivity index (χ0n) is 6.05. The van der Waals surface area contributed by atoms with Crippen LogP contribution >= 0.6 is 23.6 Å². The van der Waals surface area contributed by atoms with Crippen LogP contribution in [-0.2, 0) is 0 Å². The van der Waals surface area contributed by atoms with E-state index in [-0.39, 0.29) is 0 Å². The highest BCUT2D eigenvalue weighted by Gasteiger charge is 2.05. The molecule has 0 radical (unpaired) electrons. The molecule has 0 aliphatic rings. The Morgan fingerprint density at radius 2 is 2.50 bits per heavy atom. The van der Waals surface area contributed by atoms with Gasteiger partial charge in [0.1, 0.15) is 5.01 Å². The van der Waals surface area contributed by atoms with Gasteiger partial charge in [0.2, 0.25) is 0 Å². The number of rotatable bonds is 2. The molecule has 1 aromatic rings. The van der Waals surface area contributed by atoms with Crippen LogP contribution in [0.15, 0.2) is 0 Å². The number of nitrogens with one attached hydrogen (secondary N) is 1. The van der Waals surface area contributed by atoms with Crippen LogP contribution in [0.25, 0.3) is 0 Å². The molecule has 1 heterocycles. The summed E-state index contributed by atoms with van der Waals surface area (Å²) in [6, 6.07) is 0. The molecule has 0 aliphatic heterocycles. The van der Waals surface area contributed by atoms with E-state index in [0.29, 0.717) is 5.92 Å². The van der Waals surface area contributed by atoms with Crippen LogP contribution in [-0.4, -0.2) is 10.2 Å². The molecule has 4 heteroatoms. The fourth-order valence-corrected chi connectivity index (χ4v) is 1.67. The first kappa shape index (κ1) is 7.88. The van der Waals surface area contributed by atoms with Crippen molar-refractivity contribution >= 4 is 23.6 Å². The summed E-state index contributed by atoms with van der Waals surface area (Å²) >= 11 is 6.47. The van der Waals surface area contributed by atoms with Gasteiger partial charge >= 0.3 is 0 Å². The van der Waals surface area contributed by atoms with Gasteiger partial charge in [-0.25, -0.2) is 0 Å². The second-order valence-corrected chi connectivity index (χ2v) is 3.96. The van der Waals surface area contributed by atoms with Gasteiger partial charge in [0.15, 0.2) is 3.95 Å².